The molecule has 1 amide bonds. The molecule has 4 bridgehead atoms. The molecule has 4 saturated carbocycles. The zero-order valence-corrected chi connectivity index (χ0v) is 20.7. The molecule has 2 aromatic carbocycles. The van der Waals surface area contributed by atoms with Gasteiger partial charge in [-0.1, -0.05) is 23.8 Å². The van der Waals surface area contributed by atoms with E-state index in [2.05, 4.69) is 23.6 Å². The Morgan fingerprint density at radius 3 is 2.26 bits per heavy atom. The lowest BCUT2D eigenvalue weighted by molar-refractivity contribution is -0.118. The number of hydrogen-bond donors (Lipinski definition) is 2. The number of carbonyl (C=O) groups excluding carboxylic acids is 1. The maximum absolute atomic E-state index is 12.3. The molecular weight excluding hydrogens is 424 g/mol. The number of nitrogens with one attached hydrogen (secondary N) is 2. The van der Waals surface area contributed by atoms with Gasteiger partial charge in [0.2, 0.25) is 0 Å². The average Bonchev–Trinajstić information content (AvgIpc) is 2.82. The van der Waals surface area contributed by atoms with Crippen LogP contribution in [0, 0.1) is 30.1 Å². The molecule has 0 heterocycles. The van der Waals surface area contributed by atoms with Crippen molar-refractivity contribution in [3.8, 4) is 11.5 Å². The Morgan fingerprint density at radius 2 is 1.65 bits per heavy atom. The lowest BCUT2D eigenvalue weighted by atomic mass is 9.48. The number of anilines is 1. The third-order valence-corrected chi connectivity index (χ3v) is 8.54. The Kier molecular flexibility index (Phi) is 6.57. The molecule has 0 aliphatic heterocycles. The fourth-order valence-corrected chi connectivity index (χ4v) is 7.11. The van der Waals surface area contributed by atoms with Crippen molar-refractivity contribution in [1.82, 2.24) is 5.32 Å². The third kappa shape index (κ3) is 4.95. The topological polar surface area (TPSA) is 59.6 Å². The van der Waals surface area contributed by atoms with Crippen molar-refractivity contribution < 1.29 is 14.3 Å². The molecular formula is C29H38N2O3. The molecule has 5 nitrogen and oxygen atoms in total. The van der Waals surface area contributed by atoms with E-state index in [9.17, 15) is 4.79 Å². The van der Waals surface area contributed by atoms with Crippen LogP contribution in [0.4, 0.5) is 5.69 Å². The Labute approximate surface area is 203 Å². The van der Waals surface area contributed by atoms with Crippen molar-refractivity contribution in [3.63, 3.8) is 0 Å². The van der Waals surface area contributed by atoms with E-state index in [-0.39, 0.29) is 12.5 Å². The van der Waals surface area contributed by atoms with E-state index < -0.39 is 0 Å². The molecule has 1 atom stereocenters. The van der Waals surface area contributed by atoms with Gasteiger partial charge in [-0.05, 0) is 105 Å². The zero-order valence-electron chi connectivity index (χ0n) is 20.7. The predicted molar refractivity (Wildman–Crippen MR) is 135 cm³/mol. The molecule has 6 rings (SSSR count). The average molecular weight is 463 g/mol. The van der Waals surface area contributed by atoms with Crippen LogP contribution in [-0.2, 0) is 11.3 Å². The van der Waals surface area contributed by atoms with Crippen LogP contribution in [0.25, 0.3) is 0 Å². The van der Waals surface area contributed by atoms with Gasteiger partial charge in [-0.2, -0.15) is 0 Å². The van der Waals surface area contributed by atoms with Crippen molar-refractivity contribution in [2.75, 3.05) is 19.0 Å². The number of ether oxygens (including phenoxy) is 2. The number of amides is 1. The highest BCUT2D eigenvalue weighted by Gasteiger charge is 2.52. The second-order valence-corrected chi connectivity index (χ2v) is 11.1. The highest BCUT2D eigenvalue weighted by atomic mass is 16.5. The van der Waals surface area contributed by atoms with Crippen LogP contribution in [0.15, 0.2) is 42.5 Å². The second kappa shape index (κ2) is 9.61. The number of aryl methyl sites for hydroxylation is 1. The first kappa shape index (κ1) is 23.2. The molecule has 1 unspecified atom stereocenters. The first-order chi connectivity index (χ1) is 16.4. The van der Waals surface area contributed by atoms with Gasteiger partial charge in [0.25, 0.3) is 5.91 Å². The van der Waals surface area contributed by atoms with Gasteiger partial charge in [0.05, 0.1) is 7.11 Å². The standard InChI is InChI=1S/C29H38N2O3/c1-19-4-7-25(8-5-19)31-28(32)18-34-26-9-6-21(13-27(26)33-3)17-30-20(2)29-14-22-10-23(15-29)12-24(11-22)16-29/h4-9,13,20,22-24,30H,10-12,14-18H2,1-3H3,(H,31,32). The fraction of sp³-hybridized carbons (Fsp3) is 0.552. The van der Waals surface area contributed by atoms with E-state index in [1.807, 2.05) is 43.3 Å². The van der Waals surface area contributed by atoms with Crippen LogP contribution in [0.5, 0.6) is 11.5 Å². The molecule has 182 valence electrons. The van der Waals surface area contributed by atoms with E-state index in [0.717, 1.165) is 35.5 Å². The molecule has 5 heteroatoms. The Morgan fingerprint density at radius 1 is 1.00 bits per heavy atom. The maximum atomic E-state index is 12.3. The third-order valence-electron chi connectivity index (χ3n) is 8.54. The minimum atomic E-state index is -0.193. The number of hydrogen-bond acceptors (Lipinski definition) is 4. The van der Waals surface area contributed by atoms with E-state index in [1.165, 1.54) is 44.1 Å². The smallest absolute Gasteiger partial charge is 0.262 e. The summed E-state index contributed by atoms with van der Waals surface area (Å²) in [7, 11) is 1.64. The Bertz CT molecular complexity index is 981. The molecule has 0 radical (unpaired) electrons. The lowest BCUT2D eigenvalue weighted by Gasteiger charge is -2.59. The highest BCUT2D eigenvalue weighted by molar-refractivity contribution is 5.91. The highest BCUT2D eigenvalue weighted by Crippen LogP contribution is 2.61. The molecule has 2 aromatic rings. The Balaban J connectivity index is 1.15. The van der Waals surface area contributed by atoms with Crippen molar-refractivity contribution in [2.24, 2.45) is 23.2 Å². The van der Waals surface area contributed by atoms with E-state index in [1.54, 1.807) is 7.11 Å². The summed E-state index contributed by atoms with van der Waals surface area (Å²) >= 11 is 0. The summed E-state index contributed by atoms with van der Waals surface area (Å²) in [5.74, 6) is 3.95. The summed E-state index contributed by atoms with van der Waals surface area (Å²) in [6, 6.07) is 14.2. The van der Waals surface area contributed by atoms with Crippen molar-refractivity contribution in [1.29, 1.82) is 0 Å². The summed E-state index contributed by atoms with van der Waals surface area (Å²) in [5.41, 5.74) is 3.58. The monoisotopic (exact) mass is 462 g/mol. The number of benzene rings is 2. The van der Waals surface area contributed by atoms with Gasteiger partial charge in [0.1, 0.15) is 0 Å². The molecule has 4 aliphatic carbocycles. The molecule has 0 aromatic heterocycles. The number of methoxy groups -OCH3 is 1. The number of rotatable bonds is 9. The van der Waals surface area contributed by atoms with Crippen LogP contribution in [0.1, 0.15) is 56.6 Å². The van der Waals surface area contributed by atoms with Gasteiger partial charge in [0.15, 0.2) is 18.1 Å². The quantitative estimate of drug-likeness (QED) is 0.501. The molecule has 4 aliphatic rings. The van der Waals surface area contributed by atoms with E-state index >= 15 is 0 Å². The zero-order chi connectivity index (χ0) is 23.7. The van der Waals surface area contributed by atoms with Gasteiger partial charge in [-0.3, -0.25) is 4.79 Å². The fourth-order valence-electron chi connectivity index (χ4n) is 7.11. The SMILES string of the molecule is COc1cc(CNC(C)C23CC4CC(CC(C4)C2)C3)ccc1OCC(=O)Nc1ccc(C)cc1. The first-order valence-electron chi connectivity index (χ1n) is 12.8. The molecule has 0 spiro atoms. The minimum absolute atomic E-state index is 0.0646. The molecule has 34 heavy (non-hydrogen) atoms. The van der Waals surface area contributed by atoms with Crippen LogP contribution in [0.3, 0.4) is 0 Å². The van der Waals surface area contributed by atoms with Gasteiger partial charge in [-0.15, -0.1) is 0 Å². The summed E-state index contributed by atoms with van der Waals surface area (Å²) in [4.78, 5) is 12.3. The Hall–Kier alpha value is -2.53. The number of carbonyl (C=O) groups is 1. The minimum Gasteiger partial charge on any atom is -0.493 e. The van der Waals surface area contributed by atoms with Crippen molar-refractivity contribution >= 4 is 11.6 Å². The lowest BCUT2D eigenvalue weighted by Crippen LogP contribution is -2.54. The molecule has 0 saturated heterocycles. The van der Waals surface area contributed by atoms with E-state index in [4.69, 9.17) is 9.47 Å². The van der Waals surface area contributed by atoms with Crippen LogP contribution < -0.4 is 20.1 Å². The molecule has 2 N–H and O–H groups in total. The van der Waals surface area contributed by atoms with Crippen LogP contribution >= 0.6 is 0 Å². The largest absolute Gasteiger partial charge is 0.493 e. The summed E-state index contributed by atoms with van der Waals surface area (Å²) < 4.78 is 11.3. The van der Waals surface area contributed by atoms with Gasteiger partial charge in [0, 0.05) is 18.3 Å². The van der Waals surface area contributed by atoms with Crippen molar-refractivity contribution in [2.45, 2.75) is 65.0 Å². The predicted octanol–water partition coefficient (Wildman–Crippen LogP) is 5.72. The van der Waals surface area contributed by atoms with Crippen LogP contribution in [-0.4, -0.2) is 25.7 Å². The summed E-state index contributed by atoms with van der Waals surface area (Å²) in [6.45, 7) is 5.16. The second-order valence-electron chi connectivity index (χ2n) is 11.1. The summed E-state index contributed by atoms with van der Waals surface area (Å²) in [5, 5.41) is 6.71. The van der Waals surface area contributed by atoms with Crippen molar-refractivity contribution in [3.05, 3.63) is 53.6 Å². The first-order valence-corrected chi connectivity index (χ1v) is 12.8. The van der Waals surface area contributed by atoms with Gasteiger partial charge in [-0.25, -0.2) is 0 Å². The van der Waals surface area contributed by atoms with Crippen LogP contribution in [0.2, 0.25) is 0 Å². The summed E-state index contributed by atoms with van der Waals surface area (Å²) in [6.07, 6.45) is 8.67. The van der Waals surface area contributed by atoms with E-state index in [0.29, 0.717) is 23.0 Å². The van der Waals surface area contributed by atoms with Gasteiger partial charge >= 0.3 is 0 Å². The normalized spacial score (nSPS) is 27.9. The molecule has 4 fully saturated rings. The van der Waals surface area contributed by atoms with Gasteiger partial charge < -0.3 is 20.1 Å². The maximum Gasteiger partial charge on any atom is 0.262 e.